The van der Waals surface area contributed by atoms with Crippen LogP contribution in [0.15, 0.2) is 65.6 Å². The van der Waals surface area contributed by atoms with Gasteiger partial charge in [-0.15, -0.1) is 16.7 Å². The summed E-state index contributed by atoms with van der Waals surface area (Å²) in [6.07, 6.45) is -2.28. The van der Waals surface area contributed by atoms with Crippen molar-refractivity contribution in [3.8, 4) is 11.3 Å². The predicted molar refractivity (Wildman–Crippen MR) is 131 cm³/mol. The molecule has 2 aromatic carbocycles. The molecule has 1 fully saturated rings. The Hall–Kier alpha value is -3.31. The van der Waals surface area contributed by atoms with Crippen LogP contribution >= 0.6 is 11.8 Å². The second-order valence-corrected chi connectivity index (χ2v) is 9.43. The van der Waals surface area contributed by atoms with Crippen molar-refractivity contribution >= 4 is 24.1 Å². The fourth-order valence-corrected chi connectivity index (χ4v) is 4.95. The van der Waals surface area contributed by atoms with Gasteiger partial charge in [0.25, 0.3) is 0 Å². The monoisotopic (exact) mass is 520 g/mol. The quantitative estimate of drug-likeness (QED) is 0.415. The van der Waals surface area contributed by atoms with Gasteiger partial charge in [-0.3, -0.25) is 14.7 Å². The van der Waals surface area contributed by atoms with Crippen molar-refractivity contribution < 1.29 is 27.8 Å². The van der Waals surface area contributed by atoms with Crippen molar-refractivity contribution in [2.75, 3.05) is 19.6 Å². The number of halogens is 3. The number of amides is 2. The van der Waals surface area contributed by atoms with Gasteiger partial charge in [0, 0.05) is 34.5 Å². The van der Waals surface area contributed by atoms with Crippen molar-refractivity contribution in [1.29, 1.82) is 0 Å². The Morgan fingerprint density at radius 2 is 1.86 bits per heavy atom. The van der Waals surface area contributed by atoms with E-state index in [1.807, 2.05) is 31.2 Å². The van der Waals surface area contributed by atoms with Crippen molar-refractivity contribution in [2.45, 2.75) is 36.0 Å². The summed E-state index contributed by atoms with van der Waals surface area (Å²) in [6, 6.07) is 17.8. The highest BCUT2D eigenvalue weighted by Gasteiger charge is 2.37. The van der Waals surface area contributed by atoms with Gasteiger partial charge in [-0.25, -0.2) is 0 Å². The first kappa shape index (κ1) is 27.3. The van der Waals surface area contributed by atoms with Crippen molar-refractivity contribution in [1.82, 2.24) is 20.4 Å². The van der Waals surface area contributed by atoms with E-state index in [9.17, 15) is 22.9 Å². The minimum atomic E-state index is -3.99. The number of rotatable bonds is 8. The van der Waals surface area contributed by atoms with Gasteiger partial charge in [0.15, 0.2) is 0 Å². The predicted octanol–water partition coefficient (Wildman–Crippen LogP) is 4.85. The first-order chi connectivity index (χ1) is 17.3. The minimum absolute atomic E-state index is 0.0321. The molecule has 192 valence electrons. The van der Waals surface area contributed by atoms with Gasteiger partial charge in [-0.05, 0) is 42.5 Å². The van der Waals surface area contributed by atoms with E-state index in [0.29, 0.717) is 32.3 Å². The maximum absolute atomic E-state index is 13.5. The molecule has 0 radical (unpaired) electrons. The average Bonchev–Trinajstić information content (AvgIpc) is 3.35. The molecular formula is C25H27F3N4O3S. The molecule has 1 aromatic heterocycles. The first-order valence-corrected chi connectivity index (χ1v) is 12.2. The zero-order chi connectivity index (χ0) is 26.0. The number of nitrogens with one attached hydrogen (secondary N) is 2. The Labute approximate surface area is 211 Å². The van der Waals surface area contributed by atoms with Crippen molar-refractivity contribution in [3.63, 3.8) is 0 Å². The van der Waals surface area contributed by atoms with Gasteiger partial charge in [-0.1, -0.05) is 42.5 Å². The number of hydrogen-bond donors (Lipinski definition) is 2. The summed E-state index contributed by atoms with van der Waals surface area (Å²) in [4.78, 5) is 26.7. The molecule has 0 saturated carbocycles. The molecule has 0 bridgehead atoms. The van der Waals surface area contributed by atoms with Crippen LogP contribution in [-0.2, 0) is 20.6 Å². The van der Waals surface area contributed by atoms with Crippen LogP contribution in [0.4, 0.5) is 13.3 Å². The fourth-order valence-electron chi connectivity index (χ4n) is 3.67. The van der Waals surface area contributed by atoms with E-state index in [4.69, 9.17) is 0 Å². The summed E-state index contributed by atoms with van der Waals surface area (Å²) in [6.45, 7) is 2.91. The van der Waals surface area contributed by atoms with Crippen LogP contribution in [0, 0.1) is 6.92 Å². The molecule has 11 heteroatoms. The normalized spacial score (nSPS) is 14.1. The number of carbonyl (C=O) groups excluding carboxylic acids is 2. The molecule has 2 heterocycles. The van der Waals surface area contributed by atoms with Crippen molar-refractivity contribution in [3.05, 3.63) is 71.9 Å². The zero-order valence-electron chi connectivity index (χ0n) is 19.6. The van der Waals surface area contributed by atoms with Crippen LogP contribution in [0.25, 0.3) is 11.3 Å². The van der Waals surface area contributed by atoms with E-state index >= 15 is 0 Å². The minimum Gasteiger partial charge on any atom is -0.350 e. The number of piperidine rings is 1. The number of nitrogens with zero attached hydrogens (tertiary/aromatic N) is 2. The van der Waals surface area contributed by atoms with Gasteiger partial charge >= 0.3 is 6.11 Å². The molecule has 1 saturated heterocycles. The lowest BCUT2D eigenvalue weighted by Gasteiger charge is -2.32. The molecule has 2 N–H and O–H groups in total. The lowest BCUT2D eigenvalue weighted by Crippen LogP contribution is -2.43. The number of aryl methyl sites for hydroxylation is 1. The van der Waals surface area contributed by atoms with Gasteiger partial charge < -0.3 is 10.2 Å². The Kier molecular flexibility index (Phi) is 9.95. The fraction of sp³-hybridized carbons (Fsp3) is 0.320. The highest BCUT2D eigenvalue weighted by Crippen LogP contribution is 2.40. The third kappa shape index (κ3) is 7.59. The molecular weight excluding hydrogens is 493 g/mol. The molecule has 3 aromatic rings. The zero-order valence-corrected chi connectivity index (χ0v) is 20.4. The lowest BCUT2D eigenvalue weighted by molar-refractivity contribution is -0.365. The molecule has 2 amide bonds. The van der Waals surface area contributed by atoms with Crippen LogP contribution in [-0.4, -0.2) is 52.3 Å². The van der Waals surface area contributed by atoms with E-state index < -0.39 is 11.7 Å². The molecule has 0 aliphatic carbocycles. The lowest BCUT2D eigenvalue weighted by atomic mass is 10.1. The van der Waals surface area contributed by atoms with Crippen molar-refractivity contribution in [2.24, 2.45) is 0 Å². The Morgan fingerprint density at radius 3 is 2.47 bits per heavy atom. The summed E-state index contributed by atoms with van der Waals surface area (Å²) >= 11 is 1.23. The SMILES string of the molecule is Cc1cc(-c2ccccc2)n[nH]1.O=CNCC(=O)N1CCC(Sc2ccccc2C(F)(F)OF)CC1. The maximum atomic E-state index is 13.5. The standard InChI is InChI=1S/C15H17F3N2O3S.C10H10N2/c16-15(17,23-18)12-3-1-2-4-13(12)24-11-5-7-20(8-6-11)14(22)9-19-10-21;1-8-7-10(12-11-8)9-5-3-2-4-6-9/h1-4,10-11H,5-9H2,(H,19,21);2-7H,1H3,(H,11,12). The second-order valence-electron chi connectivity index (χ2n) is 8.09. The van der Waals surface area contributed by atoms with E-state index in [1.165, 1.54) is 23.9 Å². The number of benzene rings is 2. The Balaban J connectivity index is 0.000000249. The van der Waals surface area contributed by atoms with Crippen LogP contribution in [0.3, 0.4) is 0 Å². The first-order valence-electron chi connectivity index (χ1n) is 11.3. The second kappa shape index (κ2) is 13.1. The number of H-pyrrole nitrogens is 1. The summed E-state index contributed by atoms with van der Waals surface area (Å²) in [5.41, 5.74) is 2.75. The molecule has 36 heavy (non-hydrogen) atoms. The van der Waals surface area contributed by atoms with Crippen LogP contribution in [0.5, 0.6) is 0 Å². The number of aromatic nitrogens is 2. The van der Waals surface area contributed by atoms with Crippen LogP contribution in [0.2, 0.25) is 0 Å². The van der Waals surface area contributed by atoms with Gasteiger partial charge in [-0.2, -0.15) is 13.9 Å². The van der Waals surface area contributed by atoms with E-state index in [-0.39, 0.29) is 22.6 Å². The number of carbonyl (C=O) groups is 2. The van der Waals surface area contributed by atoms with E-state index in [1.54, 1.807) is 11.0 Å². The number of hydrogen-bond acceptors (Lipinski definition) is 5. The van der Waals surface area contributed by atoms with Crippen LogP contribution in [0.1, 0.15) is 24.1 Å². The maximum Gasteiger partial charge on any atom is 0.414 e. The number of aromatic amines is 1. The number of likely N-dealkylation sites (tertiary alicyclic amines) is 1. The Bertz CT molecular complexity index is 1120. The van der Waals surface area contributed by atoms with Gasteiger partial charge in [0.1, 0.15) is 0 Å². The molecule has 0 atom stereocenters. The molecule has 1 aliphatic rings. The Morgan fingerprint density at radius 1 is 1.19 bits per heavy atom. The summed E-state index contributed by atoms with van der Waals surface area (Å²) in [7, 11) is 0. The molecule has 1 aliphatic heterocycles. The third-order valence-electron chi connectivity index (χ3n) is 5.50. The van der Waals surface area contributed by atoms with Gasteiger partial charge in [0.05, 0.1) is 17.8 Å². The molecule has 0 spiro atoms. The van der Waals surface area contributed by atoms with Gasteiger partial charge in [0.2, 0.25) is 12.3 Å². The largest absolute Gasteiger partial charge is 0.414 e. The molecule has 7 nitrogen and oxygen atoms in total. The molecule has 4 rings (SSSR count). The summed E-state index contributed by atoms with van der Waals surface area (Å²) in [5, 5.41) is 9.43. The van der Waals surface area contributed by atoms with E-state index in [0.717, 1.165) is 23.0 Å². The van der Waals surface area contributed by atoms with Crippen LogP contribution < -0.4 is 5.32 Å². The number of alkyl halides is 2. The topological polar surface area (TPSA) is 87.3 Å². The molecule has 0 unspecified atom stereocenters. The van der Waals surface area contributed by atoms with E-state index in [2.05, 4.69) is 32.6 Å². The number of thioether (sulfide) groups is 1. The highest BCUT2D eigenvalue weighted by molar-refractivity contribution is 8.00. The highest BCUT2D eigenvalue weighted by atomic mass is 32.2. The summed E-state index contributed by atoms with van der Waals surface area (Å²) in [5.74, 6) is -0.177. The average molecular weight is 521 g/mol. The third-order valence-corrected chi connectivity index (χ3v) is 6.91. The summed E-state index contributed by atoms with van der Waals surface area (Å²) < 4.78 is 39.1. The smallest absolute Gasteiger partial charge is 0.350 e.